The number of nitrogens with zero attached hydrogens (tertiary/aromatic N) is 3. The fourth-order valence-corrected chi connectivity index (χ4v) is 3.16. The third kappa shape index (κ3) is 4.70. The molecule has 4 rings (SSSR count). The molecule has 1 aromatic carbocycles. The summed E-state index contributed by atoms with van der Waals surface area (Å²) in [6, 6.07) is 18.7. The topological polar surface area (TPSA) is 90.6 Å². The number of hydrogen-bond acceptors (Lipinski definition) is 6. The Hall–Kier alpha value is -3.45. The van der Waals surface area contributed by atoms with Crippen molar-refractivity contribution >= 4 is 11.7 Å². The summed E-state index contributed by atoms with van der Waals surface area (Å²) >= 11 is 0. The van der Waals surface area contributed by atoms with Gasteiger partial charge in [0.25, 0.3) is 5.91 Å². The molecule has 1 amide bonds. The zero-order chi connectivity index (χ0) is 20.1. The molecule has 0 aliphatic carbocycles. The number of aromatic nitrogens is 2. The first kappa shape index (κ1) is 18.9. The summed E-state index contributed by atoms with van der Waals surface area (Å²) in [6.07, 6.45) is 1.41. The number of nitrogens with two attached hydrogens (primary N) is 1. The van der Waals surface area contributed by atoms with Gasteiger partial charge in [0, 0.05) is 18.3 Å². The fraction of sp³-hybridized carbons (Fsp3) is 0.227. The van der Waals surface area contributed by atoms with Gasteiger partial charge in [-0.05, 0) is 36.4 Å². The SMILES string of the molecule is Nc1ccc(-c2cccc(C3CN(C(=O)COc4ccccc4)CCO3)n2)cn1. The average molecular weight is 390 g/mol. The van der Waals surface area contributed by atoms with Crippen molar-refractivity contribution < 1.29 is 14.3 Å². The molecule has 3 aromatic rings. The summed E-state index contributed by atoms with van der Waals surface area (Å²) in [5.41, 5.74) is 8.10. The molecule has 1 fully saturated rings. The minimum atomic E-state index is -0.286. The van der Waals surface area contributed by atoms with Gasteiger partial charge in [-0.25, -0.2) is 9.97 Å². The number of pyridine rings is 2. The smallest absolute Gasteiger partial charge is 0.260 e. The second-order valence-electron chi connectivity index (χ2n) is 6.72. The van der Waals surface area contributed by atoms with Crippen LogP contribution in [0.15, 0.2) is 66.9 Å². The molecule has 7 nitrogen and oxygen atoms in total. The van der Waals surface area contributed by atoms with Crippen molar-refractivity contribution in [2.75, 3.05) is 32.0 Å². The Morgan fingerprint density at radius 2 is 2.00 bits per heavy atom. The second kappa shape index (κ2) is 8.70. The van der Waals surface area contributed by atoms with Crippen LogP contribution in [0.25, 0.3) is 11.3 Å². The van der Waals surface area contributed by atoms with E-state index in [1.807, 2.05) is 54.6 Å². The van der Waals surface area contributed by atoms with Gasteiger partial charge >= 0.3 is 0 Å². The standard InChI is InChI=1S/C22H22N4O3/c23-21-10-9-16(13-24-21)18-7-4-8-19(25-18)20-14-26(11-12-28-20)22(27)15-29-17-5-2-1-3-6-17/h1-10,13,20H,11-12,14-15H2,(H2,23,24). The molecule has 1 unspecified atom stereocenters. The van der Waals surface area contributed by atoms with E-state index in [-0.39, 0.29) is 18.6 Å². The van der Waals surface area contributed by atoms with Gasteiger partial charge in [-0.1, -0.05) is 24.3 Å². The van der Waals surface area contributed by atoms with Crippen LogP contribution in [0.5, 0.6) is 5.75 Å². The number of benzene rings is 1. The molecule has 1 saturated heterocycles. The van der Waals surface area contributed by atoms with Crippen molar-refractivity contribution in [2.24, 2.45) is 0 Å². The lowest BCUT2D eigenvalue weighted by Gasteiger charge is -2.32. The number of anilines is 1. The lowest BCUT2D eigenvalue weighted by atomic mass is 10.1. The molecule has 1 atom stereocenters. The first-order chi connectivity index (χ1) is 14.2. The van der Waals surface area contributed by atoms with E-state index in [2.05, 4.69) is 4.98 Å². The van der Waals surface area contributed by atoms with Crippen LogP contribution < -0.4 is 10.5 Å². The Bertz CT molecular complexity index is 963. The summed E-state index contributed by atoms with van der Waals surface area (Å²) < 4.78 is 11.5. The van der Waals surface area contributed by atoms with Crippen LogP contribution in [0.3, 0.4) is 0 Å². The molecule has 1 aliphatic rings. The molecular weight excluding hydrogens is 368 g/mol. The molecule has 2 aromatic heterocycles. The Morgan fingerprint density at radius 3 is 2.79 bits per heavy atom. The van der Waals surface area contributed by atoms with E-state index >= 15 is 0 Å². The maximum atomic E-state index is 12.6. The molecule has 0 saturated carbocycles. The van der Waals surface area contributed by atoms with Gasteiger partial charge in [0.2, 0.25) is 0 Å². The van der Waals surface area contributed by atoms with E-state index in [1.54, 1.807) is 17.2 Å². The monoisotopic (exact) mass is 390 g/mol. The largest absolute Gasteiger partial charge is 0.484 e. The van der Waals surface area contributed by atoms with Gasteiger partial charge in [-0.15, -0.1) is 0 Å². The van der Waals surface area contributed by atoms with Crippen LogP contribution >= 0.6 is 0 Å². The number of morpholine rings is 1. The number of para-hydroxylation sites is 1. The lowest BCUT2D eigenvalue weighted by molar-refractivity contribution is -0.141. The summed E-state index contributed by atoms with van der Waals surface area (Å²) in [5, 5.41) is 0. The van der Waals surface area contributed by atoms with Crippen LogP contribution in [-0.4, -0.2) is 47.1 Å². The molecule has 7 heteroatoms. The van der Waals surface area contributed by atoms with Crippen molar-refractivity contribution in [3.05, 3.63) is 72.6 Å². The van der Waals surface area contributed by atoms with Crippen LogP contribution in [0.4, 0.5) is 5.82 Å². The minimum absolute atomic E-state index is 0.00130. The molecule has 0 radical (unpaired) electrons. The number of carbonyl (C=O) groups excluding carboxylic acids is 1. The van der Waals surface area contributed by atoms with Crippen LogP contribution in [0.1, 0.15) is 11.8 Å². The summed E-state index contributed by atoms with van der Waals surface area (Å²) in [6.45, 7) is 1.43. The number of carbonyl (C=O) groups is 1. The number of hydrogen-bond donors (Lipinski definition) is 1. The quantitative estimate of drug-likeness (QED) is 0.720. The predicted molar refractivity (Wildman–Crippen MR) is 109 cm³/mol. The van der Waals surface area contributed by atoms with E-state index in [9.17, 15) is 4.79 Å². The molecule has 0 bridgehead atoms. The van der Waals surface area contributed by atoms with Crippen LogP contribution in [0, 0.1) is 0 Å². The van der Waals surface area contributed by atoms with E-state index in [0.717, 1.165) is 17.0 Å². The highest BCUT2D eigenvalue weighted by atomic mass is 16.5. The van der Waals surface area contributed by atoms with E-state index in [0.29, 0.717) is 31.3 Å². The highest BCUT2D eigenvalue weighted by Gasteiger charge is 2.26. The summed E-state index contributed by atoms with van der Waals surface area (Å²) in [5.74, 6) is 1.07. The van der Waals surface area contributed by atoms with Crippen molar-refractivity contribution in [3.63, 3.8) is 0 Å². The zero-order valence-electron chi connectivity index (χ0n) is 15.9. The van der Waals surface area contributed by atoms with Gasteiger partial charge < -0.3 is 20.1 Å². The van der Waals surface area contributed by atoms with E-state index in [4.69, 9.17) is 20.2 Å². The second-order valence-corrected chi connectivity index (χ2v) is 6.72. The Kier molecular flexibility index (Phi) is 5.67. The van der Waals surface area contributed by atoms with Crippen molar-refractivity contribution in [2.45, 2.75) is 6.10 Å². The Labute approximate surface area is 169 Å². The first-order valence-corrected chi connectivity index (χ1v) is 9.45. The van der Waals surface area contributed by atoms with E-state index < -0.39 is 0 Å². The maximum Gasteiger partial charge on any atom is 0.260 e. The van der Waals surface area contributed by atoms with Crippen molar-refractivity contribution in [1.82, 2.24) is 14.9 Å². The van der Waals surface area contributed by atoms with Gasteiger partial charge in [-0.3, -0.25) is 4.79 Å². The van der Waals surface area contributed by atoms with Gasteiger partial charge in [-0.2, -0.15) is 0 Å². The Morgan fingerprint density at radius 1 is 1.14 bits per heavy atom. The van der Waals surface area contributed by atoms with Gasteiger partial charge in [0.05, 0.1) is 24.5 Å². The zero-order valence-corrected chi connectivity index (χ0v) is 15.9. The predicted octanol–water partition coefficient (Wildman–Crippen LogP) is 2.70. The molecule has 2 N–H and O–H groups in total. The molecule has 1 aliphatic heterocycles. The van der Waals surface area contributed by atoms with E-state index in [1.165, 1.54) is 0 Å². The third-order valence-corrected chi connectivity index (χ3v) is 4.71. The first-order valence-electron chi connectivity index (χ1n) is 9.45. The number of nitrogen functional groups attached to an aromatic ring is 1. The highest BCUT2D eigenvalue weighted by molar-refractivity contribution is 5.78. The number of ether oxygens (including phenoxy) is 2. The molecule has 29 heavy (non-hydrogen) atoms. The van der Waals surface area contributed by atoms with Gasteiger partial charge in [0.1, 0.15) is 17.7 Å². The minimum Gasteiger partial charge on any atom is -0.484 e. The normalized spacial score (nSPS) is 16.4. The fourth-order valence-electron chi connectivity index (χ4n) is 3.16. The summed E-state index contributed by atoms with van der Waals surface area (Å²) in [7, 11) is 0. The number of rotatable bonds is 5. The van der Waals surface area contributed by atoms with Crippen molar-refractivity contribution in [1.29, 1.82) is 0 Å². The maximum absolute atomic E-state index is 12.6. The molecule has 148 valence electrons. The lowest BCUT2D eigenvalue weighted by Crippen LogP contribution is -2.44. The molecule has 3 heterocycles. The third-order valence-electron chi connectivity index (χ3n) is 4.71. The van der Waals surface area contributed by atoms with Gasteiger partial charge in [0.15, 0.2) is 6.61 Å². The molecular formula is C22H22N4O3. The summed E-state index contributed by atoms with van der Waals surface area (Å²) in [4.78, 5) is 23.2. The molecule has 0 spiro atoms. The van der Waals surface area contributed by atoms with Crippen LogP contribution in [-0.2, 0) is 9.53 Å². The van der Waals surface area contributed by atoms with Crippen LogP contribution in [0.2, 0.25) is 0 Å². The van der Waals surface area contributed by atoms with Crippen molar-refractivity contribution in [3.8, 4) is 17.0 Å². The Balaban J connectivity index is 1.42. The highest BCUT2D eigenvalue weighted by Crippen LogP contribution is 2.24. The average Bonchev–Trinajstić information content (AvgIpc) is 2.79. The number of amides is 1.